The fourth-order valence-corrected chi connectivity index (χ4v) is 4.67. The first kappa shape index (κ1) is 18.6. The van der Waals surface area contributed by atoms with Gasteiger partial charge in [0.25, 0.3) is 0 Å². The number of benzene rings is 2. The van der Waals surface area contributed by atoms with Crippen LogP contribution in [-0.4, -0.2) is 28.6 Å². The number of aryl methyl sites for hydroxylation is 1. The SMILES string of the molecule is CCn1c2ccc(C(=O)c3cccs3)cc2c2c3c(ccc21)/C(=N/OC(C)=O)CO3. The minimum absolute atomic E-state index is 0.00917. The van der Waals surface area contributed by atoms with Gasteiger partial charge < -0.3 is 14.1 Å². The molecule has 6 nitrogen and oxygen atoms in total. The van der Waals surface area contributed by atoms with E-state index >= 15 is 0 Å². The van der Waals surface area contributed by atoms with Crippen molar-refractivity contribution < 1.29 is 19.2 Å². The van der Waals surface area contributed by atoms with Gasteiger partial charge in [-0.15, -0.1) is 11.3 Å². The highest BCUT2D eigenvalue weighted by Gasteiger charge is 2.26. The number of rotatable bonds is 4. The third-order valence-electron chi connectivity index (χ3n) is 5.26. The molecule has 1 aliphatic heterocycles. The molecule has 0 aliphatic carbocycles. The minimum Gasteiger partial charge on any atom is -0.486 e. The lowest BCUT2D eigenvalue weighted by Crippen LogP contribution is -2.04. The predicted molar refractivity (Wildman–Crippen MR) is 117 cm³/mol. The van der Waals surface area contributed by atoms with Gasteiger partial charge in [-0.2, -0.15) is 0 Å². The molecule has 0 bridgehead atoms. The van der Waals surface area contributed by atoms with Crippen molar-refractivity contribution in [2.75, 3.05) is 6.61 Å². The standard InChI is InChI=1S/C23H18N2O4S/c1-3-25-18-8-6-14(22(27)20-5-4-10-30-20)11-16(18)21-19(25)9-7-15-17(12-28-23(15)21)24-29-13(2)26/h4-11H,3,12H2,1-2H3/b24-17+. The normalized spacial score (nSPS) is 14.3. The topological polar surface area (TPSA) is 69.9 Å². The van der Waals surface area contributed by atoms with E-state index in [1.54, 1.807) is 0 Å². The van der Waals surface area contributed by atoms with Gasteiger partial charge in [0.15, 0.2) is 0 Å². The van der Waals surface area contributed by atoms with E-state index in [9.17, 15) is 9.59 Å². The third kappa shape index (κ3) is 2.81. The van der Waals surface area contributed by atoms with Crippen molar-refractivity contribution in [1.82, 2.24) is 4.57 Å². The zero-order valence-electron chi connectivity index (χ0n) is 16.5. The number of thiophene rings is 1. The van der Waals surface area contributed by atoms with Gasteiger partial charge in [-0.1, -0.05) is 11.2 Å². The summed E-state index contributed by atoms with van der Waals surface area (Å²) in [5.41, 5.74) is 4.09. The van der Waals surface area contributed by atoms with E-state index in [1.807, 2.05) is 47.8 Å². The minimum atomic E-state index is -0.476. The third-order valence-corrected chi connectivity index (χ3v) is 6.12. The van der Waals surface area contributed by atoms with Crippen molar-refractivity contribution in [1.29, 1.82) is 0 Å². The van der Waals surface area contributed by atoms with Crippen LogP contribution in [0.2, 0.25) is 0 Å². The molecule has 150 valence electrons. The van der Waals surface area contributed by atoms with Crippen LogP contribution >= 0.6 is 11.3 Å². The van der Waals surface area contributed by atoms with E-state index in [2.05, 4.69) is 16.6 Å². The van der Waals surface area contributed by atoms with E-state index in [4.69, 9.17) is 9.57 Å². The number of hydrogen-bond acceptors (Lipinski definition) is 6. The maximum atomic E-state index is 12.9. The molecule has 2 aromatic heterocycles. The summed E-state index contributed by atoms with van der Waals surface area (Å²) in [6.07, 6.45) is 0. The highest BCUT2D eigenvalue weighted by atomic mass is 32.1. The molecule has 3 heterocycles. The summed E-state index contributed by atoms with van der Waals surface area (Å²) in [6, 6.07) is 13.5. The first-order valence-corrected chi connectivity index (χ1v) is 10.5. The highest BCUT2D eigenvalue weighted by Crippen LogP contribution is 2.41. The number of ether oxygens (including phenoxy) is 1. The molecule has 5 rings (SSSR count). The van der Waals surface area contributed by atoms with Crippen LogP contribution in [0.5, 0.6) is 5.75 Å². The second kappa shape index (κ2) is 7.11. The summed E-state index contributed by atoms with van der Waals surface area (Å²) in [7, 11) is 0. The number of carbonyl (C=O) groups excluding carboxylic acids is 2. The fraction of sp³-hybridized carbons (Fsp3) is 0.174. The zero-order valence-corrected chi connectivity index (χ0v) is 17.3. The smallest absolute Gasteiger partial charge is 0.331 e. The van der Waals surface area contributed by atoms with Gasteiger partial charge in [0.2, 0.25) is 5.78 Å². The molecule has 0 spiro atoms. The van der Waals surface area contributed by atoms with Crippen molar-refractivity contribution in [3.8, 4) is 5.75 Å². The Hall–Kier alpha value is -3.45. The molecule has 2 aromatic carbocycles. The average molecular weight is 418 g/mol. The van der Waals surface area contributed by atoms with Crippen LogP contribution in [0, 0.1) is 0 Å². The van der Waals surface area contributed by atoms with Gasteiger partial charge in [-0.3, -0.25) is 4.79 Å². The van der Waals surface area contributed by atoms with Crippen molar-refractivity contribution in [3.05, 3.63) is 63.8 Å². The molecule has 0 saturated heterocycles. The molecule has 0 amide bonds. The number of aromatic nitrogens is 1. The average Bonchev–Trinajstić information content (AvgIpc) is 3.47. The second-order valence-electron chi connectivity index (χ2n) is 7.03. The Kier molecular flexibility index (Phi) is 4.40. The molecular weight excluding hydrogens is 400 g/mol. The van der Waals surface area contributed by atoms with Gasteiger partial charge in [0.1, 0.15) is 18.1 Å². The Morgan fingerprint density at radius 1 is 1.20 bits per heavy atom. The van der Waals surface area contributed by atoms with Crippen LogP contribution in [0.3, 0.4) is 0 Å². The lowest BCUT2D eigenvalue weighted by Gasteiger charge is -2.04. The molecular formula is C23H18N2O4S. The Morgan fingerprint density at radius 3 is 2.77 bits per heavy atom. The van der Waals surface area contributed by atoms with Crippen molar-refractivity contribution in [2.24, 2.45) is 5.16 Å². The van der Waals surface area contributed by atoms with Gasteiger partial charge in [0, 0.05) is 35.5 Å². The number of nitrogens with zero attached hydrogens (tertiary/aromatic N) is 2. The summed E-state index contributed by atoms with van der Waals surface area (Å²) in [6.45, 7) is 4.41. The number of ketones is 1. The lowest BCUT2D eigenvalue weighted by atomic mass is 10.0. The number of carbonyl (C=O) groups is 2. The molecule has 0 N–H and O–H groups in total. The Bertz CT molecular complexity index is 1350. The summed E-state index contributed by atoms with van der Waals surface area (Å²) < 4.78 is 8.18. The Balaban J connectivity index is 1.74. The van der Waals surface area contributed by atoms with Gasteiger partial charge >= 0.3 is 5.97 Å². The quantitative estimate of drug-likeness (QED) is 0.272. The van der Waals surface area contributed by atoms with Crippen LogP contribution < -0.4 is 4.74 Å². The van der Waals surface area contributed by atoms with Crippen molar-refractivity contribution in [2.45, 2.75) is 20.4 Å². The Morgan fingerprint density at radius 2 is 2.03 bits per heavy atom. The maximum Gasteiger partial charge on any atom is 0.331 e. The summed E-state index contributed by atoms with van der Waals surface area (Å²) >= 11 is 1.44. The van der Waals surface area contributed by atoms with Crippen LogP contribution in [0.1, 0.15) is 34.6 Å². The van der Waals surface area contributed by atoms with Gasteiger partial charge in [0.05, 0.1) is 15.8 Å². The fourth-order valence-electron chi connectivity index (χ4n) is 3.98. The first-order chi connectivity index (χ1) is 14.6. The number of oxime groups is 1. The van der Waals surface area contributed by atoms with Crippen LogP contribution in [0.15, 0.2) is 53.0 Å². The number of fused-ring (bicyclic) bond motifs is 5. The first-order valence-electron chi connectivity index (χ1n) is 9.63. The van der Waals surface area contributed by atoms with E-state index < -0.39 is 5.97 Å². The number of hydrogen-bond donors (Lipinski definition) is 0. The van der Waals surface area contributed by atoms with Crippen LogP contribution in [0.25, 0.3) is 21.8 Å². The zero-order chi connectivity index (χ0) is 20.8. The van der Waals surface area contributed by atoms with E-state index in [0.717, 1.165) is 33.9 Å². The van der Waals surface area contributed by atoms with Crippen molar-refractivity contribution in [3.63, 3.8) is 0 Å². The van der Waals surface area contributed by atoms with E-state index in [0.29, 0.717) is 21.9 Å². The van der Waals surface area contributed by atoms with Crippen LogP contribution in [0.4, 0.5) is 0 Å². The Labute approximate surface area is 176 Å². The summed E-state index contributed by atoms with van der Waals surface area (Å²) in [5.74, 6) is 0.238. The van der Waals surface area contributed by atoms with Gasteiger partial charge in [-0.05, 0) is 48.7 Å². The molecule has 0 atom stereocenters. The molecule has 0 unspecified atom stereocenters. The predicted octanol–water partition coefficient (Wildman–Crippen LogP) is 4.77. The monoisotopic (exact) mass is 418 g/mol. The van der Waals surface area contributed by atoms with E-state index in [-0.39, 0.29) is 12.4 Å². The van der Waals surface area contributed by atoms with Crippen molar-refractivity contribution >= 4 is 50.6 Å². The molecule has 30 heavy (non-hydrogen) atoms. The largest absolute Gasteiger partial charge is 0.486 e. The van der Waals surface area contributed by atoms with E-state index in [1.165, 1.54) is 18.3 Å². The summed E-state index contributed by atoms with van der Waals surface area (Å²) in [4.78, 5) is 29.6. The second-order valence-corrected chi connectivity index (χ2v) is 7.98. The van der Waals surface area contributed by atoms with Crippen LogP contribution in [-0.2, 0) is 16.2 Å². The molecule has 1 aliphatic rings. The van der Waals surface area contributed by atoms with Gasteiger partial charge in [-0.25, -0.2) is 4.79 Å². The molecule has 7 heteroatoms. The molecule has 0 radical (unpaired) electrons. The highest BCUT2D eigenvalue weighted by molar-refractivity contribution is 7.12. The molecule has 0 saturated carbocycles. The summed E-state index contributed by atoms with van der Waals surface area (Å²) in [5, 5.41) is 7.74. The lowest BCUT2D eigenvalue weighted by molar-refractivity contribution is -0.140. The molecule has 4 aromatic rings. The molecule has 0 fully saturated rings. The maximum absolute atomic E-state index is 12.9.